The van der Waals surface area contributed by atoms with Crippen LogP contribution < -0.4 is 9.46 Å². The highest BCUT2D eigenvalue weighted by atomic mass is 35.7. The maximum Gasteiger partial charge on any atom is 0.319 e. The van der Waals surface area contributed by atoms with E-state index in [4.69, 9.17) is 15.4 Å². The van der Waals surface area contributed by atoms with E-state index in [-0.39, 0.29) is 6.10 Å². The van der Waals surface area contributed by atoms with E-state index in [2.05, 4.69) is 4.72 Å². The molecule has 0 saturated heterocycles. The molecule has 0 atom stereocenters. The third-order valence-electron chi connectivity index (χ3n) is 1.48. The van der Waals surface area contributed by atoms with E-state index in [1.807, 2.05) is 13.8 Å². The van der Waals surface area contributed by atoms with Gasteiger partial charge in [-0.2, -0.15) is 8.42 Å². The molecule has 0 bridgehead atoms. The van der Waals surface area contributed by atoms with Crippen molar-refractivity contribution in [2.75, 3.05) is 4.72 Å². The maximum atomic E-state index is 10.8. The zero-order chi connectivity index (χ0) is 11.5. The van der Waals surface area contributed by atoms with Gasteiger partial charge in [-0.05, 0) is 26.0 Å². The van der Waals surface area contributed by atoms with Crippen LogP contribution in [0.4, 0.5) is 5.69 Å². The van der Waals surface area contributed by atoms with Crippen LogP contribution in [0.5, 0.6) is 5.75 Å². The molecule has 0 unspecified atom stereocenters. The average Bonchev–Trinajstić information content (AvgIpc) is 2.05. The molecule has 0 saturated carbocycles. The molecule has 1 aromatic carbocycles. The molecule has 0 aliphatic carbocycles. The number of rotatable bonds is 4. The van der Waals surface area contributed by atoms with Crippen LogP contribution in [-0.2, 0) is 9.24 Å². The zero-order valence-electron chi connectivity index (χ0n) is 8.40. The second-order valence-electron chi connectivity index (χ2n) is 3.20. The highest BCUT2D eigenvalue weighted by Crippen LogP contribution is 2.26. The molecule has 0 fully saturated rings. The van der Waals surface area contributed by atoms with Crippen molar-refractivity contribution in [3.05, 3.63) is 24.3 Å². The fourth-order valence-corrected chi connectivity index (χ4v) is 1.72. The molecule has 0 radical (unpaired) electrons. The van der Waals surface area contributed by atoms with E-state index < -0.39 is 9.24 Å². The Kier molecular flexibility index (Phi) is 3.82. The van der Waals surface area contributed by atoms with Gasteiger partial charge < -0.3 is 4.74 Å². The van der Waals surface area contributed by atoms with Crippen LogP contribution in [0.3, 0.4) is 0 Å². The lowest BCUT2D eigenvalue weighted by molar-refractivity contribution is 0.244. The summed E-state index contributed by atoms with van der Waals surface area (Å²) in [5, 5.41) is 0. The molecule has 0 aromatic heterocycles. The Labute approximate surface area is 93.8 Å². The van der Waals surface area contributed by atoms with Crippen LogP contribution in [0.25, 0.3) is 0 Å². The summed E-state index contributed by atoms with van der Waals surface area (Å²) in [5.41, 5.74) is 0.334. The van der Waals surface area contributed by atoms with Gasteiger partial charge >= 0.3 is 9.24 Å². The Morgan fingerprint density at radius 2 is 1.93 bits per heavy atom. The highest BCUT2D eigenvalue weighted by molar-refractivity contribution is 8.14. The minimum atomic E-state index is -3.79. The van der Waals surface area contributed by atoms with Crippen molar-refractivity contribution >= 4 is 25.6 Å². The van der Waals surface area contributed by atoms with Crippen LogP contribution in [0.15, 0.2) is 24.3 Å². The lowest BCUT2D eigenvalue weighted by Gasteiger charge is -2.13. The minimum Gasteiger partial charge on any atom is -0.489 e. The minimum absolute atomic E-state index is 0.0361. The molecule has 6 heteroatoms. The summed E-state index contributed by atoms with van der Waals surface area (Å²) >= 11 is 0. The number of nitrogens with one attached hydrogen (secondary N) is 1. The Bertz CT molecular complexity index is 431. The Morgan fingerprint density at radius 1 is 1.33 bits per heavy atom. The third kappa shape index (κ3) is 4.40. The van der Waals surface area contributed by atoms with E-state index in [1.165, 1.54) is 0 Å². The molecular weight excluding hydrogens is 238 g/mol. The lowest BCUT2D eigenvalue weighted by Crippen LogP contribution is -2.10. The van der Waals surface area contributed by atoms with Crippen molar-refractivity contribution in [2.45, 2.75) is 20.0 Å². The van der Waals surface area contributed by atoms with E-state index in [1.54, 1.807) is 24.3 Å². The number of ether oxygens (including phenoxy) is 1. The fraction of sp³-hybridized carbons (Fsp3) is 0.333. The van der Waals surface area contributed by atoms with E-state index in [0.717, 1.165) is 0 Å². The highest BCUT2D eigenvalue weighted by Gasteiger charge is 2.10. The molecule has 0 spiro atoms. The summed E-state index contributed by atoms with van der Waals surface area (Å²) in [6.07, 6.45) is -0.0361. The van der Waals surface area contributed by atoms with Crippen molar-refractivity contribution in [1.82, 2.24) is 0 Å². The Morgan fingerprint density at radius 3 is 2.47 bits per heavy atom. The predicted molar refractivity (Wildman–Crippen MR) is 60.6 cm³/mol. The SMILES string of the molecule is CC(C)Oc1ccccc1NS(=O)(=O)Cl. The summed E-state index contributed by atoms with van der Waals surface area (Å²) in [4.78, 5) is 0. The summed E-state index contributed by atoms with van der Waals surface area (Å²) in [6.45, 7) is 3.71. The first-order valence-electron chi connectivity index (χ1n) is 4.36. The molecule has 15 heavy (non-hydrogen) atoms. The number of hydrogen-bond acceptors (Lipinski definition) is 3. The molecule has 84 valence electrons. The van der Waals surface area contributed by atoms with Gasteiger partial charge in [0.05, 0.1) is 11.8 Å². The normalized spacial score (nSPS) is 11.5. The monoisotopic (exact) mass is 249 g/mol. The summed E-state index contributed by atoms with van der Waals surface area (Å²) < 4.78 is 29.2. The smallest absolute Gasteiger partial charge is 0.319 e. The van der Waals surface area contributed by atoms with Crippen molar-refractivity contribution < 1.29 is 13.2 Å². The van der Waals surface area contributed by atoms with Crippen molar-refractivity contribution in [1.29, 1.82) is 0 Å². The van der Waals surface area contributed by atoms with Gasteiger partial charge in [0.2, 0.25) is 0 Å². The molecule has 4 nitrogen and oxygen atoms in total. The van der Waals surface area contributed by atoms with Gasteiger partial charge in [-0.25, -0.2) is 0 Å². The number of hydrogen-bond donors (Lipinski definition) is 1. The van der Waals surface area contributed by atoms with Crippen LogP contribution in [-0.4, -0.2) is 14.5 Å². The first-order chi connectivity index (χ1) is 6.88. The molecule has 0 amide bonds. The molecule has 1 aromatic rings. The van der Waals surface area contributed by atoms with Gasteiger partial charge in [0.25, 0.3) is 0 Å². The molecule has 0 heterocycles. The lowest BCUT2D eigenvalue weighted by atomic mass is 10.3. The summed E-state index contributed by atoms with van der Waals surface area (Å²) in [6, 6.07) is 6.70. The van der Waals surface area contributed by atoms with Crippen LogP contribution in [0.2, 0.25) is 0 Å². The van der Waals surface area contributed by atoms with Crippen molar-refractivity contribution in [2.24, 2.45) is 0 Å². The largest absolute Gasteiger partial charge is 0.489 e. The third-order valence-corrected chi connectivity index (χ3v) is 2.18. The number of anilines is 1. The number of para-hydroxylation sites is 2. The van der Waals surface area contributed by atoms with E-state index in [9.17, 15) is 8.42 Å². The standard InChI is InChI=1S/C9H12ClNO3S/c1-7(2)14-9-6-4-3-5-8(9)11-15(10,12)13/h3-7,11H,1-2H3. The number of benzene rings is 1. The quantitative estimate of drug-likeness (QED) is 0.834. The first-order valence-corrected chi connectivity index (χ1v) is 6.67. The van der Waals surface area contributed by atoms with Gasteiger partial charge in [-0.3, -0.25) is 4.72 Å². The Balaban J connectivity index is 2.96. The zero-order valence-corrected chi connectivity index (χ0v) is 9.97. The fourth-order valence-electron chi connectivity index (χ4n) is 1.04. The molecular formula is C9H12ClNO3S. The molecule has 1 N–H and O–H groups in total. The van der Waals surface area contributed by atoms with Gasteiger partial charge in [0, 0.05) is 10.7 Å². The van der Waals surface area contributed by atoms with Crippen LogP contribution in [0, 0.1) is 0 Å². The van der Waals surface area contributed by atoms with Gasteiger partial charge in [0.1, 0.15) is 5.75 Å². The van der Waals surface area contributed by atoms with Gasteiger partial charge in [0.15, 0.2) is 0 Å². The molecule has 0 aliphatic rings. The predicted octanol–water partition coefficient (Wildman–Crippen LogP) is 2.37. The van der Waals surface area contributed by atoms with Crippen molar-refractivity contribution in [3.8, 4) is 5.75 Å². The summed E-state index contributed by atoms with van der Waals surface area (Å²) in [5.74, 6) is 0.455. The van der Waals surface area contributed by atoms with E-state index in [0.29, 0.717) is 11.4 Å². The van der Waals surface area contributed by atoms with Crippen LogP contribution >= 0.6 is 10.7 Å². The Hall–Kier alpha value is -0.940. The van der Waals surface area contributed by atoms with Crippen LogP contribution in [0.1, 0.15) is 13.8 Å². The topological polar surface area (TPSA) is 55.4 Å². The maximum absolute atomic E-state index is 10.8. The average molecular weight is 250 g/mol. The molecule has 1 rings (SSSR count). The number of halogens is 1. The van der Waals surface area contributed by atoms with Gasteiger partial charge in [-0.1, -0.05) is 12.1 Å². The molecule has 0 aliphatic heterocycles. The second kappa shape index (κ2) is 4.72. The second-order valence-corrected chi connectivity index (χ2v) is 5.50. The first kappa shape index (κ1) is 12.1. The summed E-state index contributed by atoms with van der Waals surface area (Å²) in [7, 11) is 1.29. The van der Waals surface area contributed by atoms with E-state index >= 15 is 0 Å². The van der Waals surface area contributed by atoms with Gasteiger partial charge in [-0.15, -0.1) is 0 Å². The van der Waals surface area contributed by atoms with Crippen molar-refractivity contribution in [3.63, 3.8) is 0 Å².